The number of aliphatic hydroxyl groups is 1. The monoisotopic (exact) mass is 424 g/mol. The molecular weight excluding hydrogens is 388 g/mol. The van der Waals surface area contributed by atoms with Crippen LogP contribution in [0.2, 0.25) is 0 Å². The minimum absolute atomic E-state index is 0.358. The molecule has 2 saturated heterocycles. The van der Waals surface area contributed by atoms with Crippen LogP contribution in [0.15, 0.2) is 0 Å². The molecule has 7 nitrogen and oxygen atoms in total. The lowest BCUT2D eigenvalue weighted by atomic mass is 9.84. The zero-order chi connectivity index (χ0) is 21.1. The van der Waals surface area contributed by atoms with E-state index in [2.05, 4.69) is 0 Å². The van der Waals surface area contributed by atoms with Crippen molar-refractivity contribution in [1.29, 1.82) is 0 Å². The van der Waals surface area contributed by atoms with Gasteiger partial charge >= 0.3 is 5.97 Å². The first kappa shape index (κ1) is 21.1. The van der Waals surface area contributed by atoms with E-state index in [0.717, 1.165) is 51.4 Å². The van der Waals surface area contributed by atoms with Crippen molar-refractivity contribution < 1.29 is 33.6 Å². The fourth-order valence-corrected chi connectivity index (χ4v) is 5.81. The highest BCUT2D eigenvalue weighted by Crippen LogP contribution is 2.52. The van der Waals surface area contributed by atoms with Crippen molar-refractivity contribution in [2.75, 3.05) is 0 Å². The summed E-state index contributed by atoms with van der Waals surface area (Å²) >= 11 is 0. The summed E-state index contributed by atoms with van der Waals surface area (Å²) in [5, 5.41) is 11.3. The molecule has 0 aromatic heterocycles. The van der Waals surface area contributed by atoms with Crippen LogP contribution in [-0.2, 0) is 28.5 Å². The molecule has 0 amide bonds. The number of hydrogen-bond donors (Lipinski definition) is 1. The van der Waals surface area contributed by atoms with Crippen LogP contribution in [0.25, 0.3) is 0 Å². The van der Waals surface area contributed by atoms with Gasteiger partial charge < -0.3 is 28.8 Å². The van der Waals surface area contributed by atoms with Gasteiger partial charge in [-0.3, -0.25) is 4.79 Å². The molecule has 5 fully saturated rings. The highest BCUT2D eigenvalue weighted by Gasteiger charge is 2.67. The number of ether oxygens (including phenoxy) is 5. The van der Waals surface area contributed by atoms with Gasteiger partial charge in [-0.15, -0.1) is 0 Å². The van der Waals surface area contributed by atoms with Crippen LogP contribution < -0.4 is 0 Å². The van der Waals surface area contributed by atoms with Crippen LogP contribution in [0.5, 0.6) is 0 Å². The predicted octanol–water partition coefficient (Wildman–Crippen LogP) is 3.21. The number of esters is 1. The summed E-state index contributed by atoms with van der Waals surface area (Å²) in [6, 6.07) is 0. The van der Waals surface area contributed by atoms with E-state index in [9.17, 15) is 9.90 Å². The Balaban J connectivity index is 1.45. The molecule has 0 unspecified atom stereocenters. The molecule has 0 bridgehead atoms. The molecular formula is C23H36O7. The van der Waals surface area contributed by atoms with E-state index >= 15 is 0 Å². The maximum Gasteiger partial charge on any atom is 0.311 e. The summed E-state index contributed by atoms with van der Waals surface area (Å²) in [5.41, 5.74) is -0.675. The molecule has 30 heavy (non-hydrogen) atoms. The molecule has 5 rings (SSSR count). The quantitative estimate of drug-likeness (QED) is 0.647. The molecule has 0 aromatic carbocycles. The highest BCUT2D eigenvalue weighted by molar-refractivity contribution is 5.75. The van der Waals surface area contributed by atoms with Gasteiger partial charge in [-0.1, -0.05) is 12.8 Å². The summed E-state index contributed by atoms with van der Waals surface area (Å²) in [6.45, 7) is 5.43. The Hall–Kier alpha value is -0.730. The molecule has 1 N–H and O–H groups in total. The minimum Gasteiger partial charge on any atom is -0.456 e. The SMILES string of the molecule is CC(C)(C)C(=O)O[C@H]1[C@H](O)[C@H]2OC3(CCCCC3)O[C@@H]2[C@H]2OC3(CCCCC3)O[C@H]21. The van der Waals surface area contributed by atoms with Crippen molar-refractivity contribution >= 4 is 5.97 Å². The van der Waals surface area contributed by atoms with Crippen molar-refractivity contribution in [2.45, 2.75) is 133 Å². The van der Waals surface area contributed by atoms with Gasteiger partial charge in [0.1, 0.15) is 30.5 Å². The second-order valence-electron chi connectivity index (χ2n) is 10.9. The van der Waals surface area contributed by atoms with Gasteiger partial charge in [0.15, 0.2) is 17.7 Å². The van der Waals surface area contributed by atoms with E-state index < -0.39 is 53.6 Å². The van der Waals surface area contributed by atoms with Gasteiger partial charge in [0.05, 0.1) is 5.41 Å². The van der Waals surface area contributed by atoms with E-state index in [4.69, 9.17) is 23.7 Å². The van der Waals surface area contributed by atoms with Crippen LogP contribution >= 0.6 is 0 Å². The van der Waals surface area contributed by atoms with E-state index in [1.54, 1.807) is 0 Å². The highest BCUT2D eigenvalue weighted by atomic mass is 16.8. The Kier molecular flexibility index (Phi) is 5.22. The van der Waals surface area contributed by atoms with Crippen LogP contribution in [-0.4, -0.2) is 59.3 Å². The topological polar surface area (TPSA) is 83.5 Å². The minimum atomic E-state index is -1.01. The summed E-state index contributed by atoms with van der Waals surface area (Å²) in [5.74, 6) is -1.68. The van der Waals surface area contributed by atoms with Gasteiger partial charge in [-0.25, -0.2) is 0 Å². The van der Waals surface area contributed by atoms with Crippen LogP contribution in [0, 0.1) is 5.41 Å². The lowest BCUT2D eigenvalue weighted by molar-refractivity contribution is -0.227. The third kappa shape index (κ3) is 3.51. The Morgan fingerprint density at radius 2 is 1.20 bits per heavy atom. The number of carbonyl (C=O) groups is 1. The Morgan fingerprint density at radius 1 is 0.767 bits per heavy atom. The van der Waals surface area contributed by atoms with Gasteiger partial charge in [-0.05, 0) is 46.5 Å². The van der Waals surface area contributed by atoms with E-state index in [1.807, 2.05) is 20.8 Å². The predicted molar refractivity (Wildman–Crippen MR) is 106 cm³/mol. The lowest BCUT2D eigenvalue weighted by Gasteiger charge is -2.40. The normalized spacial score (nSPS) is 42.1. The molecule has 2 aliphatic heterocycles. The van der Waals surface area contributed by atoms with Crippen LogP contribution in [0.3, 0.4) is 0 Å². The van der Waals surface area contributed by atoms with E-state index in [0.29, 0.717) is 0 Å². The molecule has 7 heteroatoms. The second kappa shape index (κ2) is 7.41. The lowest BCUT2D eigenvalue weighted by Crippen LogP contribution is -2.63. The number of carbonyl (C=O) groups excluding carboxylic acids is 1. The Bertz CT molecular complexity index is 659. The molecule has 170 valence electrons. The summed E-state index contributed by atoms with van der Waals surface area (Å²) in [6.07, 6.45) is 6.04. The first-order valence-corrected chi connectivity index (χ1v) is 11.8. The summed E-state index contributed by atoms with van der Waals surface area (Å²) in [7, 11) is 0. The van der Waals surface area contributed by atoms with Crippen molar-refractivity contribution in [3.8, 4) is 0 Å². The van der Waals surface area contributed by atoms with Gasteiger partial charge in [0.25, 0.3) is 0 Å². The molecule has 0 radical (unpaired) electrons. The number of aliphatic hydroxyl groups excluding tert-OH is 1. The molecule has 3 saturated carbocycles. The standard InChI is InChI=1S/C23H36O7/c1-21(2,3)20(25)26-15-14(24)16-18(29-22(27-16)10-6-4-7-11-22)19-17(15)28-23(30-19)12-8-5-9-13-23/h14-19,24H,4-13H2,1-3H3/t14-,15-,16+,17-,18-,19-/m0/s1. The maximum atomic E-state index is 12.7. The van der Waals surface area contributed by atoms with Gasteiger partial charge in [-0.2, -0.15) is 0 Å². The summed E-state index contributed by atoms with van der Waals surface area (Å²) < 4.78 is 31.8. The summed E-state index contributed by atoms with van der Waals surface area (Å²) in [4.78, 5) is 12.7. The number of rotatable bonds is 1. The first-order chi connectivity index (χ1) is 14.2. The second-order valence-corrected chi connectivity index (χ2v) is 10.9. The molecule has 5 aliphatic rings. The average Bonchev–Trinajstić information content (AvgIpc) is 3.25. The van der Waals surface area contributed by atoms with E-state index in [1.165, 1.54) is 12.8 Å². The number of hydrogen-bond acceptors (Lipinski definition) is 7. The fourth-order valence-electron chi connectivity index (χ4n) is 5.81. The van der Waals surface area contributed by atoms with E-state index in [-0.39, 0.29) is 5.97 Å². The largest absolute Gasteiger partial charge is 0.456 e. The molecule has 6 atom stereocenters. The van der Waals surface area contributed by atoms with Crippen molar-refractivity contribution in [1.82, 2.24) is 0 Å². The average molecular weight is 425 g/mol. The van der Waals surface area contributed by atoms with Crippen molar-refractivity contribution in [3.05, 3.63) is 0 Å². The van der Waals surface area contributed by atoms with Gasteiger partial charge in [0.2, 0.25) is 0 Å². The number of fused-ring (bicyclic) bond motifs is 3. The molecule has 2 heterocycles. The van der Waals surface area contributed by atoms with Gasteiger partial charge in [0, 0.05) is 25.7 Å². The van der Waals surface area contributed by atoms with Crippen LogP contribution in [0.4, 0.5) is 0 Å². The maximum absolute atomic E-state index is 12.7. The molecule has 0 aromatic rings. The fraction of sp³-hybridized carbons (Fsp3) is 0.957. The van der Waals surface area contributed by atoms with Crippen molar-refractivity contribution in [3.63, 3.8) is 0 Å². The third-order valence-electron chi connectivity index (χ3n) is 7.46. The molecule has 3 aliphatic carbocycles. The Labute approximate surface area is 178 Å². The zero-order valence-corrected chi connectivity index (χ0v) is 18.4. The van der Waals surface area contributed by atoms with Crippen molar-refractivity contribution in [2.24, 2.45) is 5.41 Å². The first-order valence-electron chi connectivity index (χ1n) is 11.8. The van der Waals surface area contributed by atoms with Crippen LogP contribution in [0.1, 0.15) is 85.0 Å². The Morgan fingerprint density at radius 3 is 1.70 bits per heavy atom. The molecule has 2 spiro atoms. The smallest absolute Gasteiger partial charge is 0.311 e. The third-order valence-corrected chi connectivity index (χ3v) is 7.46. The zero-order valence-electron chi connectivity index (χ0n) is 18.4.